The van der Waals surface area contributed by atoms with Gasteiger partial charge in [0.15, 0.2) is 0 Å². The molecule has 25 heavy (non-hydrogen) atoms. The van der Waals surface area contributed by atoms with Crippen molar-refractivity contribution in [3.8, 4) is 0 Å². The standard InChI is InChI=1S/2C7H10NO3P.Zr/c2*9-12(10,11)6-3-7-1-4-8-5-2-7;/h2*1-2,4-5H,3,6H2,(H2,9,10,11);/q;;+4/p-4. The van der Waals surface area contributed by atoms with Crippen LogP contribution in [-0.4, -0.2) is 22.3 Å². The third kappa shape index (κ3) is 14.3. The summed E-state index contributed by atoms with van der Waals surface area (Å²) in [5, 5.41) is 0. The molecule has 0 aliphatic rings. The van der Waals surface area contributed by atoms with Crippen molar-refractivity contribution in [1.29, 1.82) is 0 Å². The second kappa shape index (κ2) is 12.0. The Morgan fingerprint density at radius 2 is 0.960 bits per heavy atom. The normalized spacial score (nSPS) is 11.0. The van der Waals surface area contributed by atoms with Crippen LogP contribution in [0.5, 0.6) is 0 Å². The monoisotopic (exact) mass is 460 g/mol. The molecule has 0 aromatic carbocycles. The molecule has 0 aliphatic carbocycles. The Morgan fingerprint density at radius 1 is 0.680 bits per heavy atom. The predicted octanol–water partition coefficient (Wildman–Crippen LogP) is -0.927. The van der Waals surface area contributed by atoms with E-state index in [4.69, 9.17) is 0 Å². The summed E-state index contributed by atoms with van der Waals surface area (Å²) in [6.45, 7) is 0. The second-order valence-electron chi connectivity index (χ2n) is 4.88. The Hall–Kier alpha value is -0.517. The van der Waals surface area contributed by atoms with E-state index < -0.39 is 15.2 Å². The molecule has 132 valence electrons. The van der Waals surface area contributed by atoms with Gasteiger partial charge >= 0.3 is 26.2 Å². The van der Waals surface area contributed by atoms with Gasteiger partial charge in [-0.05, 0) is 60.6 Å². The summed E-state index contributed by atoms with van der Waals surface area (Å²) in [4.78, 5) is 48.6. The fraction of sp³-hybridized carbons (Fsp3) is 0.286. The summed E-state index contributed by atoms with van der Waals surface area (Å²) in [6, 6.07) is 6.76. The van der Waals surface area contributed by atoms with Gasteiger partial charge < -0.3 is 28.7 Å². The maximum Gasteiger partial charge on any atom is 4.00 e. The minimum absolute atomic E-state index is 0. The third-order valence-corrected chi connectivity index (χ3v) is 4.39. The van der Waals surface area contributed by atoms with Crippen molar-refractivity contribution in [2.75, 3.05) is 12.3 Å². The molecule has 11 heteroatoms. The molecule has 0 saturated heterocycles. The van der Waals surface area contributed by atoms with E-state index in [9.17, 15) is 28.7 Å². The number of hydrogen-bond donors (Lipinski definition) is 0. The molecule has 0 amide bonds. The molecule has 2 rings (SSSR count). The molecule has 0 spiro atoms. The van der Waals surface area contributed by atoms with Gasteiger partial charge in [0.25, 0.3) is 0 Å². The van der Waals surface area contributed by atoms with Gasteiger partial charge in [-0.3, -0.25) is 9.97 Å². The quantitative estimate of drug-likeness (QED) is 0.501. The smallest absolute Gasteiger partial charge is 0.811 e. The van der Waals surface area contributed by atoms with E-state index in [2.05, 4.69) is 9.97 Å². The number of aryl methyl sites for hydroxylation is 2. The van der Waals surface area contributed by atoms with Crippen LogP contribution in [0.4, 0.5) is 0 Å². The van der Waals surface area contributed by atoms with Crippen LogP contribution in [-0.2, 0) is 48.2 Å². The molecule has 0 fully saturated rings. The molecule has 0 N–H and O–H groups in total. The second-order valence-corrected chi connectivity index (χ2v) is 8.22. The molecule has 0 bridgehead atoms. The molecule has 2 heterocycles. The molecule has 0 unspecified atom stereocenters. The predicted molar refractivity (Wildman–Crippen MR) is 80.8 cm³/mol. The Labute approximate surface area is 165 Å². The molecule has 0 aliphatic heterocycles. The molecule has 2 aromatic rings. The number of aromatic nitrogens is 2. The van der Waals surface area contributed by atoms with Gasteiger partial charge in [-0.15, -0.1) is 0 Å². The Morgan fingerprint density at radius 3 is 1.20 bits per heavy atom. The van der Waals surface area contributed by atoms with E-state index in [-0.39, 0.29) is 51.4 Å². The van der Waals surface area contributed by atoms with Crippen LogP contribution in [0.3, 0.4) is 0 Å². The fourth-order valence-electron chi connectivity index (χ4n) is 1.63. The molecule has 8 nitrogen and oxygen atoms in total. The van der Waals surface area contributed by atoms with E-state index in [1.807, 2.05) is 0 Å². The van der Waals surface area contributed by atoms with Gasteiger partial charge in [0.1, 0.15) is 0 Å². The summed E-state index contributed by atoms with van der Waals surface area (Å²) < 4.78 is 20.5. The number of nitrogens with zero attached hydrogens (tertiary/aromatic N) is 2. The van der Waals surface area contributed by atoms with E-state index >= 15 is 0 Å². The van der Waals surface area contributed by atoms with Gasteiger partial charge in [0.2, 0.25) is 0 Å². The van der Waals surface area contributed by atoms with Crippen LogP contribution in [0.25, 0.3) is 0 Å². The van der Waals surface area contributed by atoms with Gasteiger partial charge in [0, 0.05) is 24.8 Å². The SMILES string of the molecule is O=P([O-])([O-])CCc1ccncc1.O=P([O-])([O-])CCc1ccncc1.[Zr+4]. The summed E-state index contributed by atoms with van der Waals surface area (Å²) >= 11 is 0. The van der Waals surface area contributed by atoms with Crippen molar-refractivity contribution in [2.45, 2.75) is 12.8 Å². The first-order valence-corrected chi connectivity index (χ1v) is 10.4. The third-order valence-electron chi connectivity index (χ3n) is 2.85. The number of rotatable bonds is 6. The van der Waals surface area contributed by atoms with Crippen molar-refractivity contribution < 1.29 is 54.9 Å². The zero-order chi connectivity index (χ0) is 18.1. The molecule has 2 aromatic heterocycles. The van der Waals surface area contributed by atoms with Crippen LogP contribution in [0, 0.1) is 0 Å². The minimum atomic E-state index is -4.35. The topological polar surface area (TPSA) is 152 Å². The van der Waals surface area contributed by atoms with Gasteiger partial charge in [-0.25, -0.2) is 0 Å². The molecular formula is C14H16N2O6P2Zr. The van der Waals surface area contributed by atoms with Crippen LogP contribution in [0.15, 0.2) is 49.1 Å². The van der Waals surface area contributed by atoms with Crippen molar-refractivity contribution >= 4 is 15.2 Å². The first-order valence-electron chi connectivity index (χ1n) is 6.96. The Kier molecular flexibility index (Phi) is 11.7. The molecular weight excluding hydrogens is 445 g/mol. The first kappa shape index (κ1) is 24.5. The Balaban J connectivity index is 0.000000443. The van der Waals surface area contributed by atoms with Crippen molar-refractivity contribution in [3.05, 3.63) is 60.2 Å². The van der Waals surface area contributed by atoms with Gasteiger partial charge in [0.05, 0.1) is 0 Å². The first-order chi connectivity index (χ1) is 11.2. The van der Waals surface area contributed by atoms with Gasteiger partial charge in [-0.1, -0.05) is 15.2 Å². The van der Waals surface area contributed by atoms with Gasteiger partial charge in [-0.2, -0.15) is 0 Å². The maximum absolute atomic E-state index is 10.3. The average molecular weight is 461 g/mol. The summed E-state index contributed by atoms with van der Waals surface area (Å²) in [5.74, 6) is 0. The van der Waals surface area contributed by atoms with Crippen molar-refractivity contribution in [2.24, 2.45) is 0 Å². The fourth-order valence-corrected chi connectivity index (χ4v) is 2.70. The van der Waals surface area contributed by atoms with E-state index in [1.165, 1.54) is 0 Å². The van der Waals surface area contributed by atoms with E-state index in [0.717, 1.165) is 11.1 Å². The molecule has 0 radical (unpaired) electrons. The van der Waals surface area contributed by atoms with E-state index in [0.29, 0.717) is 0 Å². The number of pyridine rings is 2. The number of hydrogen-bond acceptors (Lipinski definition) is 8. The molecule has 0 saturated carbocycles. The summed E-state index contributed by atoms with van der Waals surface area (Å²) in [5.41, 5.74) is 1.63. The van der Waals surface area contributed by atoms with Crippen LogP contribution in [0.1, 0.15) is 11.1 Å². The minimum Gasteiger partial charge on any atom is -0.811 e. The zero-order valence-electron chi connectivity index (χ0n) is 13.2. The van der Waals surface area contributed by atoms with Crippen LogP contribution < -0.4 is 19.6 Å². The van der Waals surface area contributed by atoms with E-state index in [1.54, 1.807) is 49.1 Å². The average Bonchev–Trinajstić information content (AvgIpc) is 2.52. The summed E-state index contributed by atoms with van der Waals surface area (Å²) in [6.07, 6.45) is 6.16. The van der Waals surface area contributed by atoms with Crippen molar-refractivity contribution in [1.82, 2.24) is 9.97 Å². The summed E-state index contributed by atoms with van der Waals surface area (Å²) in [7, 11) is -8.70. The molecule has 0 atom stereocenters. The largest absolute Gasteiger partial charge is 4.00 e. The van der Waals surface area contributed by atoms with Crippen LogP contribution in [0.2, 0.25) is 0 Å². The van der Waals surface area contributed by atoms with Crippen LogP contribution >= 0.6 is 15.2 Å². The zero-order valence-corrected chi connectivity index (χ0v) is 17.4. The maximum atomic E-state index is 10.3. The Bertz CT molecular complexity index is 631. The van der Waals surface area contributed by atoms with Crippen molar-refractivity contribution in [3.63, 3.8) is 0 Å².